The van der Waals surface area contributed by atoms with Crippen LogP contribution in [0, 0.1) is 0 Å². The molecule has 4 rings (SSSR count). The Bertz CT molecular complexity index is 1120. The molecule has 2 heterocycles. The number of nitrogens with zero attached hydrogens (tertiary/aromatic N) is 1. The number of benzene rings is 2. The van der Waals surface area contributed by atoms with Crippen molar-refractivity contribution in [2.45, 2.75) is 12.5 Å². The Balaban J connectivity index is 1.67. The molecule has 2 aromatic rings. The Kier molecular flexibility index (Phi) is 8.40. The molecule has 0 saturated carbocycles. The minimum Gasteiger partial charge on any atom is -0.872 e. The SMILES string of the molecule is C=CCOc1ccc(C([O-])=C2C(=O)C(=O)N(CCC[NH+]3CCOCC3)C2c2ccccc2OC)cc1. The molecule has 0 spiro atoms. The molecule has 2 aromatic carbocycles. The maximum Gasteiger partial charge on any atom is 0.295 e. The molecule has 8 heteroatoms. The van der Waals surface area contributed by atoms with Gasteiger partial charge in [0.05, 0.1) is 32.9 Å². The molecule has 2 fully saturated rings. The van der Waals surface area contributed by atoms with Crippen molar-refractivity contribution in [2.24, 2.45) is 0 Å². The minimum atomic E-state index is -0.815. The van der Waals surface area contributed by atoms with Gasteiger partial charge in [-0.1, -0.05) is 48.7 Å². The summed E-state index contributed by atoms with van der Waals surface area (Å²) in [6.07, 6.45) is 2.33. The number of Topliss-reactive ketones (excluding diaryl/α,β-unsaturated/α-hetero) is 1. The number of hydrogen-bond acceptors (Lipinski definition) is 6. The standard InChI is InChI=1S/C28H32N2O6/c1-3-17-36-21-11-9-20(10-12-21)26(31)24-25(22-7-4-5-8-23(22)34-2)30(28(33)27(24)32)14-6-13-29-15-18-35-19-16-29/h3-5,7-12,25,31H,1,6,13-19H2,2H3. The summed E-state index contributed by atoms with van der Waals surface area (Å²) in [6.45, 7) is 8.48. The Morgan fingerprint density at radius 2 is 1.89 bits per heavy atom. The summed E-state index contributed by atoms with van der Waals surface area (Å²) < 4.78 is 16.5. The van der Waals surface area contributed by atoms with E-state index in [1.54, 1.807) is 42.5 Å². The van der Waals surface area contributed by atoms with Gasteiger partial charge in [0, 0.05) is 24.1 Å². The van der Waals surface area contributed by atoms with Crippen molar-refractivity contribution >= 4 is 17.4 Å². The van der Waals surface area contributed by atoms with E-state index in [2.05, 4.69) is 6.58 Å². The lowest BCUT2D eigenvalue weighted by molar-refractivity contribution is -0.908. The molecule has 2 aliphatic heterocycles. The van der Waals surface area contributed by atoms with E-state index in [0.717, 1.165) is 32.8 Å². The van der Waals surface area contributed by atoms with Gasteiger partial charge in [-0.15, -0.1) is 0 Å². The van der Waals surface area contributed by atoms with Gasteiger partial charge in [-0.05, 0) is 23.8 Å². The summed E-state index contributed by atoms with van der Waals surface area (Å²) in [5.41, 5.74) is 0.881. The van der Waals surface area contributed by atoms with Gasteiger partial charge in [0.2, 0.25) is 5.78 Å². The van der Waals surface area contributed by atoms with E-state index in [-0.39, 0.29) is 5.57 Å². The number of nitrogens with one attached hydrogen (secondary N) is 1. The van der Waals surface area contributed by atoms with Crippen LogP contribution in [-0.4, -0.2) is 69.7 Å². The van der Waals surface area contributed by atoms with Crippen LogP contribution in [0.3, 0.4) is 0 Å². The first-order valence-electron chi connectivity index (χ1n) is 12.2. The number of quaternary nitrogens is 1. The monoisotopic (exact) mass is 492 g/mol. The Labute approximate surface area is 211 Å². The van der Waals surface area contributed by atoms with Gasteiger partial charge in [0.25, 0.3) is 5.91 Å². The first kappa shape index (κ1) is 25.5. The van der Waals surface area contributed by atoms with Crippen LogP contribution in [0.5, 0.6) is 11.5 Å². The van der Waals surface area contributed by atoms with Crippen LogP contribution in [0.2, 0.25) is 0 Å². The molecule has 0 aliphatic carbocycles. The first-order valence-corrected chi connectivity index (χ1v) is 12.2. The summed E-state index contributed by atoms with van der Waals surface area (Å²) in [6, 6.07) is 12.9. The topological polar surface area (TPSA) is 92.6 Å². The number of carbonyl (C=O) groups excluding carboxylic acids is 2. The van der Waals surface area contributed by atoms with Crippen molar-refractivity contribution in [1.82, 2.24) is 4.90 Å². The van der Waals surface area contributed by atoms with E-state index >= 15 is 0 Å². The number of ketones is 1. The number of amides is 1. The number of likely N-dealkylation sites (tertiary alicyclic amines) is 1. The van der Waals surface area contributed by atoms with Gasteiger partial charge < -0.3 is 29.1 Å². The Hall–Kier alpha value is -3.62. The summed E-state index contributed by atoms with van der Waals surface area (Å²) in [7, 11) is 1.53. The maximum atomic E-state index is 13.6. The molecule has 1 N–H and O–H groups in total. The number of hydrogen-bond donors (Lipinski definition) is 1. The largest absolute Gasteiger partial charge is 0.872 e. The third-order valence-corrected chi connectivity index (χ3v) is 6.58. The van der Waals surface area contributed by atoms with E-state index in [1.165, 1.54) is 16.9 Å². The van der Waals surface area contributed by atoms with E-state index in [0.29, 0.717) is 42.2 Å². The van der Waals surface area contributed by atoms with E-state index in [1.807, 2.05) is 12.1 Å². The molecule has 2 aliphatic rings. The summed E-state index contributed by atoms with van der Waals surface area (Å²) in [5.74, 6) is -0.786. The number of morpholine rings is 1. The second-order valence-electron chi connectivity index (χ2n) is 8.80. The van der Waals surface area contributed by atoms with Gasteiger partial charge in [-0.2, -0.15) is 0 Å². The fourth-order valence-electron chi connectivity index (χ4n) is 4.74. The van der Waals surface area contributed by atoms with Crippen molar-refractivity contribution in [3.63, 3.8) is 0 Å². The maximum absolute atomic E-state index is 13.6. The molecular weight excluding hydrogens is 460 g/mol. The molecule has 0 bridgehead atoms. The van der Waals surface area contributed by atoms with Crippen LogP contribution in [0.1, 0.15) is 23.6 Å². The lowest BCUT2D eigenvalue weighted by Crippen LogP contribution is -3.14. The zero-order valence-corrected chi connectivity index (χ0v) is 20.5. The van der Waals surface area contributed by atoms with Gasteiger partial charge in [0.1, 0.15) is 31.2 Å². The molecule has 1 amide bonds. The van der Waals surface area contributed by atoms with E-state index in [9.17, 15) is 14.7 Å². The third-order valence-electron chi connectivity index (χ3n) is 6.58. The predicted molar refractivity (Wildman–Crippen MR) is 133 cm³/mol. The lowest BCUT2D eigenvalue weighted by Gasteiger charge is -2.29. The minimum absolute atomic E-state index is 0.0528. The number of methoxy groups -OCH3 is 1. The Morgan fingerprint density at radius 3 is 2.58 bits per heavy atom. The predicted octanol–water partition coefficient (Wildman–Crippen LogP) is 0.789. The van der Waals surface area contributed by atoms with E-state index in [4.69, 9.17) is 14.2 Å². The molecule has 8 nitrogen and oxygen atoms in total. The zero-order valence-electron chi connectivity index (χ0n) is 20.5. The molecule has 0 radical (unpaired) electrons. The van der Waals surface area contributed by atoms with Gasteiger partial charge in [-0.3, -0.25) is 9.59 Å². The van der Waals surface area contributed by atoms with Crippen LogP contribution in [0.25, 0.3) is 5.76 Å². The van der Waals surface area contributed by atoms with Crippen LogP contribution in [-0.2, 0) is 14.3 Å². The summed E-state index contributed by atoms with van der Waals surface area (Å²) in [5, 5.41) is 13.6. The average molecular weight is 493 g/mol. The van der Waals surface area contributed by atoms with Crippen LogP contribution in [0.15, 0.2) is 66.8 Å². The van der Waals surface area contributed by atoms with Gasteiger partial charge in [0.15, 0.2) is 0 Å². The first-order chi connectivity index (χ1) is 17.5. The van der Waals surface area contributed by atoms with Crippen molar-refractivity contribution in [3.8, 4) is 11.5 Å². The number of rotatable bonds is 10. The summed E-state index contributed by atoms with van der Waals surface area (Å²) >= 11 is 0. The number of carbonyl (C=O) groups is 2. The van der Waals surface area contributed by atoms with Crippen molar-refractivity contribution < 1.29 is 33.8 Å². The molecule has 190 valence electrons. The number of ether oxygens (including phenoxy) is 3. The lowest BCUT2D eigenvalue weighted by atomic mass is 9.94. The number of para-hydroxylation sites is 1. The average Bonchev–Trinajstić information content (AvgIpc) is 3.17. The smallest absolute Gasteiger partial charge is 0.295 e. The van der Waals surface area contributed by atoms with Crippen LogP contribution < -0.4 is 19.5 Å². The van der Waals surface area contributed by atoms with Crippen molar-refractivity contribution in [2.75, 3.05) is 53.1 Å². The fourth-order valence-corrected chi connectivity index (χ4v) is 4.74. The Morgan fingerprint density at radius 1 is 1.17 bits per heavy atom. The second-order valence-corrected chi connectivity index (χ2v) is 8.80. The molecule has 0 aromatic heterocycles. The highest BCUT2D eigenvalue weighted by Gasteiger charge is 2.45. The van der Waals surface area contributed by atoms with Gasteiger partial charge >= 0.3 is 0 Å². The van der Waals surface area contributed by atoms with Crippen LogP contribution >= 0.6 is 0 Å². The summed E-state index contributed by atoms with van der Waals surface area (Å²) in [4.78, 5) is 29.4. The van der Waals surface area contributed by atoms with Crippen molar-refractivity contribution in [1.29, 1.82) is 0 Å². The molecule has 2 saturated heterocycles. The van der Waals surface area contributed by atoms with Crippen molar-refractivity contribution in [3.05, 3.63) is 77.9 Å². The quantitative estimate of drug-likeness (QED) is 0.228. The molecule has 36 heavy (non-hydrogen) atoms. The van der Waals surface area contributed by atoms with Gasteiger partial charge in [-0.25, -0.2) is 0 Å². The third kappa shape index (κ3) is 5.45. The van der Waals surface area contributed by atoms with Crippen LogP contribution in [0.4, 0.5) is 0 Å². The molecular formula is C28H32N2O6. The highest BCUT2D eigenvalue weighted by molar-refractivity contribution is 6.46. The highest BCUT2D eigenvalue weighted by atomic mass is 16.5. The molecule has 1 unspecified atom stereocenters. The van der Waals surface area contributed by atoms with E-state index < -0.39 is 23.5 Å². The zero-order chi connectivity index (χ0) is 25.5. The highest BCUT2D eigenvalue weighted by Crippen LogP contribution is 2.42. The normalized spacial score (nSPS) is 19.9. The second kappa shape index (κ2) is 11.9. The molecule has 1 atom stereocenters. The fraction of sp³-hybridized carbons (Fsp3) is 0.357.